The fourth-order valence-corrected chi connectivity index (χ4v) is 1.66. The van der Waals surface area contributed by atoms with Gasteiger partial charge in [-0.15, -0.1) is 0 Å². The topological polar surface area (TPSA) is 33.2 Å². The maximum atomic E-state index is 11.7. The van der Waals surface area contributed by atoms with Gasteiger partial charge in [0.25, 0.3) is 5.91 Å². The fourth-order valence-electron chi connectivity index (χ4n) is 1.24. The molecule has 1 amide bonds. The molecule has 0 aliphatic carbocycles. The number of aromatic nitrogens is 1. The number of rotatable bonds is 1. The van der Waals surface area contributed by atoms with Gasteiger partial charge in [-0.2, -0.15) is 0 Å². The third-order valence-electron chi connectivity index (χ3n) is 2.13. The van der Waals surface area contributed by atoms with Crippen LogP contribution >= 0.6 is 15.9 Å². The number of carbonyl (C=O) groups excluding carboxylic acids is 1. The molecule has 0 aromatic carbocycles. The molecule has 0 spiro atoms. The summed E-state index contributed by atoms with van der Waals surface area (Å²) in [6.07, 6.45) is 2.78. The molecule has 1 aliphatic heterocycles. The van der Waals surface area contributed by atoms with E-state index in [-0.39, 0.29) is 5.91 Å². The van der Waals surface area contributed by atoms with Crippen LogP contribution in [0.5, 0.6) is 0 Å². The van der Waals surface area contributed by atoms with Crippen molar-refractivity contribution in [3.05, 3.63) is 28.5 Å². The first-order chi connectivity index (χ1) is 6.29. The molecule has 2 heterocycles. The Balaban J connectivity index is 2.24. The van der Waals surface area contributed by atoms with Crippen LogP contribution in [0.3, 0.4) is 0 Å². The molecule has 1 aromatic rings. The summed E-state index contributed by atoms with van der Waals surface area (Å²) in [6, 6.07) is 3.56. The molecule has 1 fully saturated rings. The third kappa shape index (κ3) is 1.58. The van der Waals surface area contributed by atoms with Gasteiger partial charge in [-0.3, -0.25) is 4.79 Å². The number of nitrogens with zero attached hydrogens (tertiary/aromatic N) is 2. The van der Waals surface area contributed by atoms with E-state index in [2.05, 4.69) is 20.9 Å². The number of pyridine rings is 1. The summed E-state index contributed by atoms with van der Waals surface area (Å²) in [4.78, 5) is 17.5. The molecule has 0 bridgehead atoms. The van der Waals surface area contributed by atoms with Crippen molar-refractivity contribution in [2.75, 3.05) is 13.1 Å². The minimum atomic E-state index is 0.0752. The Labute approximate surface area is 84.9 Å². The molecular weight excluding hydrogens is 232 g/mol. The van der Waals surface area contributed by atoms with E-state index in [1.807, 2.05) is 4.90 Å². The lowest BCUT2D eigenvalue weighted by atomic mass is 10.1. The standard InChI is InChI=1S/C9H9BrN2O/c10-8-7(3-1-4-11-8)9(13)12-5-2-6-12/h1,3-4H,2,5-6H2. The zero-order chi connectivity index (χ0) is 9.26. The van der Waals surface area contributed by atoms with E-state index in [1.165, 1.54) is 0 Å². The number of halogens is 1. The summed E-state index contributed by atoms with van der Waals surface area (Å²) >= 11 is 3.26. The second kappa shape index (κ2) is 3.46. The number of likely N-dealkylation sites (tertiary alicyclic amines) is 1. The van der Waals surface area contributed by atoms with E-state index in [0.717, 1.165) is 19.5 Å². The van der Waals surface area contributed by atoms with E-state index in [0.29, 0.717) is 10.2 Å². The minimum absolute atomic E-state index is 0.0752. The zero-order valence-corrected chi connectivity index (χ0v) is 8.62. The van der Waals surface area contributed by atoms with Crippen LogP contribution in [0, 0.1) is 0 Å². The van der Waals surface area contributed by atoms with Gasteiger partial charge >= 0.3 is 0 Å². The average Bonchev–Trinajstić information content (AvgIpc) is 2.01. The number of hydrogen-bond acceptors (Lipinski definition) is 2. The molecule has 3 nitrogen and oxygen atoms in total. The highest BCUT2D eigenvalue weighted by Crippen LogP contribution is 2.18. The van der Waals surface area contributed by atoms with Crippen LogP contribution in [0.2, 0.25) is 0 Å². The van der Waals surface area contributed by atoms with E-state index < -0.39 is 0 Å². The molecule has 0 N–H and O–H groups in total. The monoisotopic (exact) mass is 240 g/mol. The van der Waals surface area contributed by atoms with Gasteiger partial charge in [0.1, 0.15) is 4.60 Å². The Kier molecular flexibility index (Phi) is 2.31. The second-order valence-corrected chi connectivity index (χ2v) is 3.74. The van der Waals surface area contributed by atoms with E-state index in [4.69, 9.17) is 0 Å². The van der Waals surface area contributed by atoms with Crippen LogP contribution in [0.4, 0.5) is 0 Å². The van der Waals surface area contributed by atoms with Crippen molar-refractivity contribution in [3.63, 3.8) is 0 Å². The maximum absolute atomic E-state index is 11.7. The van der Waals surface area contributed by atoms with Crippen molar-refractivity contribution in [1.29, 1.82) is 0 Å². The SMILES string of the molecule is O=C(c1cccnc1Br)N1CCC1. The molecule has 0 radical (unpaired) electrons. The van der Waals surface area contributed by atoms with Gasteiger partial charge in [0.05, 0.1) is 5.56 Å². The zero-order valence-electron chi connectivity index (χ0n) is 7.03. The van der Waals surface area contributed by atoms with Crippen LogP contribution in [0.25, 0.3) is 0 Å². The van der Waals surface area contributed by atoms with E-state index in [1.54, 1.807) is 18.3 Å². The molecule has 2 rings (SSSR count). The largest absolute Gasteiger partial charge is 0.338 e. The molecule has 1 aliphatic rings. The lowest BCUT2D eigenvalue weighted by Gasteiger charge is -2.30. The molecule has 13 heavy (non-hydrogen) atoms. The minimum Gasteiger partial charge on any atom is -0.338 e. The van der Waals surface area contributed by atoms with Crippen LogP contribution in [-0.2, 0) is 0 Å². The number of hydrogen-bond donors (Lipinski definition) is 0. The quantitative estimate of drug-likeness (QED) is 0.701. The lowest BCUT2D eigenvalue weighted by molar-refractivity contribution is 0.0650. The average molecular weight is 241 g/mol. The molecule has 1 saturated heterocycles. The van der Waals surface area contributed by atoms with Gasteiger partial charge in [0.15, 0.2) is 0 Å². The highest BCUT2D eigenvalue weighted by molar-refractivity contribution is 9.10. The van der Waals surface area contributed by atoms with Crippen LogP contribution in [-0.4, -0.2) is 28.9 Å². The first kappa shape index (κ1) is 8.69. The predicted molar refractivity (Wildman–Crippen MR) is 52.5 cm³/mol. The van der Waals surface area contributed by atoms with Crippen molar-refractivity contribution >= 4 is 21.8 Å². The van der Waals surface area contributed by atoms with Gasteiger partial charge in [-0.1, -0.05) is 0 Å². The second-order valence-electron chi connectivity index (χ2n) is 2.99. The molecular formula is C9H9BrN2O. The summed E-state index contributed by atoms with van der Waals surface area (Å²) in [5.41, 5.74) is 0.655. The van der Waals surface area contributed by atoms with E-state index in [9.17, 15) is 4.79 Å². The Morgan fingerprint density at radius 1 is 1.54 bits per heavy atom. The Morgan fingerprint density at radius 3 is 2.85 bits per heavy atom. The fraction of sp³-hybridized carbons (Fsp3) is 0.333. The number of carbonyl (C=O) groups is 1. The van der Waals surface area contributed by atoms with Crippen molar-refractivity contribution in [3.8, 4) is 0 Å². The van der Waals surface area contributed by atoms with E-state index >= 15 is 0 Å². The summed E-state index contributed by atoms with van der Waals surface area (Å²) < 4.78 is 0.631. The highest BCUT2D eigenvalue weighted by Gasteiger charge is 2.23. The third-order valence-corrected chi connectivity index (χ3v) is 2.76. The van der Waals surface area contributed by atoms with Crippen LogP contribution < -0.4 is 0 Å². The molecule has 1 aromatic heterocycles. The maximum Gasteiger partial charge on any atom is 0.256 e. The van der Waals surface area contributed by atoms with Crippen molar-refractivity contribution in [1.82, 2.24) is 9.88 Å². The molecule has 68 valence electrons. The summed E-state index contributed by atoms with van der Waals surface area (Å²) in [6.45, 7) is 1.75. The van der Waals surface area contributed by atoms with Crippen molar-refractivity contribution in [2.24, 2.45) is 0 Å². The Morgan fingerprint density at radius 2 is 2.31 bits per heavy atom. The molecule has 0 saturated carbocycles. The highest BCUT2D eigenvalue weighted by atomic mass is 79.9. The van der Waals surface area contributed by atoms with Crippen molar-refractivity contribution in [2.45, 2.75) is 6.42 Å². The van der Waals surface area contributed by atoms with Crippen LogP contribution in [0.15, 0.2) is 22.9 Å². The lowest BCUT2D eigenvalue weighted by Crippen LogP contribution is -2.42. The predicted octanol–water partition coefficient (Wildman–Crippen LogP) is 1.69. The van der Waals surface area contributed by atoms with Gasteiger partial charge in [0, 0.05) is 19.3 Å². The van der Waals surface area contributed by atoms with Gasteiger partial charge in [-0.25, -0.2) is 4.98 Å². The summed E-state index contributed by atoms with van der Waals surface area (Å²) in [5, 5.41) is 0. The van der Waals surface area contributed by atoms with Gasteiger partial charge in [0.2, 0.25) is 0 Å². The Bertz CT molecular complexity index is 336. The number of amides is 1. The molecule has 0 atom stereocenters. The van der Waals surface area contributed by atoms with Gasteiger partial charge < -0.3 is 4.90 Å². The van der Waals surface area contributed by atoms with Crippen LogP contribution in [0.1, 0.15) is 16.8 Å². The first-order valence-corrected chi connectivity index (χ1v) is 4.98. The van der Waals surface area contributed by atoms with Crippen molar-refractivity contribution < 1.29 is 4.79 Å². The molecule has 4 heteroatoms. The molecule has 0 unspecified atom stereocenters. The summed E-state index contributed by atoms with van der Waals surface area (Å²) in [5.74, 6) is 0.0752. The van der Waals surface area contributed by atoms with Gasteiger partial charge in [-0.05, 0) is 34.5 Å². The summed E-state index contributed by atoms with van der Waals surface area (Å²) in [7, 11) is 0. The Hall–Kier alpha value is -0.900. The first-order valence-electron chi connectivity index (χ1n) is 4.19. The smallest absolute Gasteiger partial charge is 0.256 e. The normalized spacial score (nSPS) is 15.3.